The van der Waals surface area contributed by atoms with Crippen molar-refractivity contribution >= 4 is 11.9 Å². The van der Waals surface area contributed by atoms with Gasteiger partial charge in [0.05, 0.1) is 20.1 Å². The predicted molar refractivity (Wildman–Crippen MR) is 106 cm³/mol. The third-order valence-electron chi connectivity index (χ3n) is 4.17. The normalized spacial score (nSPS) is 11.6. The van der Waals surface area contributed by atoms with Crippen molar-refractivity contribution in [1.82, 2.24) is 10.5 Å². The van der Waals surface area contributed by atoms with Crippen molar-refractivity contribution in [3.63, 3.8) is 0 Å². The summed E-state index contributed by atoms with van der Waals surface area (Å²) in [6.07, 6.45) is 2.67. The summed E-state index contributed by atoms with van der Waals surface area (Å²) in [5, 5.41) is 6.64. The van der Waals surface area contributed by atoms with Crippen LogP contribution in [0.15, 0.2) is 34.9 Å². The molecule has 2 aromatic rings. The molecule has 1 atom stereocenters. The van der Waals surface area contributed by atoms with Gasteiger partial charge in [-0.15, -0.1) is 0 Å². The first kappa shape index (κ1) is 22.3. The summed E-state index contributed by atoms with van der Waals surface area (Å²) in [5.41, 5.74) is 0.139. The number of benzene rings is 1. The number of nitrogens with one attached hydrogen (secondary N) is 1. The van der Waals surface area contributed by atoms with E-state index in [9.17, 15) is 9.59 Å². The van der Waals surface area contributed by atoms with E-state index in [1.807, 2.05) is 12.1 Å². The quantitative estimate of drug-likeness (QED) is 0.540. The Bertz CT molecular complexity index is 789. The van der Waals surface area contributed by atoms with Gasteiger partial charge in [0.15, 0.2) is 11.5 Å². The Labute approximate surface area is 170 Å². The lowest BCUT2D eigenvalue weighted by Gasteiger charge is -2.16. The molecule has 1 amide bonds. The van der Waals surface area contributed by atoms with Gasteiger partial charge < -0.3 is 24.1 Å². The number of carbonyl (C=O) groups is 2. The molecular formula is C21H28N2O6. The van der Waals surface area contributed by atoms with Crippen LogP contribution in [-0.2, 0) is 16.1 Å². The molecule has 0 fully saturated rings. The van der Waals surface area contributed by atoms with Gasteiger partial charge in [-0.05, 0) is 25.5 Å². The number of hydrogen-bond acceptors (Lipinski definition) is 7. The minimum atomic E-state index is -0.396. The number of esters is 1. The lowest BCUT2D eigenvalue weighted by Crippen LogP contribution is -2.37. The fourth-order valence-corrected chi connectivity index (χ4v) is 2.69. The van der Waals surface area contributed by atoms with E-state index < -0.39 is 5.91 Å². The Balaban J connectivity index is 1.92. The number of aromatic nitrogens is 1. The van der Waals surface area contributed by atoms with E-state index in [1.165, 1.54) is 6.07 Å². The van der Waals surface area contributed by atoms with Crippen molar-refractivity contribution in [1.29, 1.82) is 0 Å². The third kappa shape index (κ3) is 7.48. The number of nitrogens with zero attached hydrogens (tertiary/aromatic N) is 1. The number of rotatable bonds is 12. The Morgan fingerprint density at radius 3 is 2.72 bits per heavy atom. The minimum absolute atomic E-state index is 0.121. The molecule has 0 saturated carbocycles. The highest BCUT2D eigenvalue weighted by Crippen LogP contribution is 2.20. The van der Waals surface area contributed by atoms with E-state index in [-0.39, 0.29) is 30.7 Å². The first-order chi connectivity index (χ1) is 14.0. The molecule has 0 saturated heterocycles. The van der Waals surface area contributed by atoms with Crippen LogP contribution in [0.5, 0.6) is 11.5 Å². The summed E-state index contributed by atoms with van der Waals surface area (Å²) >= 11 is 0. The molecule has 1 aromatic carbocycles. The first-order valence-corrected chi connectivity index (χ1v) is 9.74. The van der Waals surface area contributed by atoms with Gasteiger partial charge in [-0.1, -0.05) is 31.0 Å². The lowest BCUT2D eigenvalue weighted by molar-refractivity contribution is -0.143. The zero-order valence-corrected chi connectivity index (χ0v) is 17.1. The molecule has 158 valence electrons. The van der Waals surface area contributed by atoms with Crippen LogP contribution in [0, 0.1) is 0 Å². The van der Waals surface area contributed by atoms with Crippen LogP contribution < -0.4 is 14.8 Å². The topological polar surface area (TPSA) is 99.9 Å². The largest absolute Gasteiger partial charge is 0.497 e. The van der Waals surface area contributed by atoms with Crippen molar-refractivity contribution in [2.24, 2.45) is 0 Å². The molecule has 8 heteroatoms. The highest BCUT2D eigenvalue weighted by molar-refractivity contribution is 5.92. The second kappa shape index (κ2) is 11.7. The fourth-order valence-electron chi connectivity index (χ4n) is 2.69. The van der Waals surface area contributed by atoms with E-state index in [1.54, 1.807) is 26.2 Å². The second-order valence-electron chi connectivity index (χ2n) is 6.47. The average molecular weight is 404 g/mol. The monoisotopic (exact) mass is 404 g/mol. The van der Waals surface area contributed by atoms with Crippen molar-refractivity contribution in [3.8, 4) is 11.5 Å². The summed E-state index contributed by atoms with van der Waals surface area (Å²) < 4.78 is 21.0. The Kier molecular flexibility index (Phi) is 9.01. The van der Waals surface area contributed by atoms with Gasteiger partial charge in [0, 0.05) is 18.2 Å². The molecule has 2 rings (SSSR count). The van der Waals surface area contributed by atoms with E-state index in [0.29, 0.717) is 30.3 Å². The Morgan fingerprint density at radius 1 is 1.21 bits per heavy atom. The Morgan fingerprint density at radius 2 is 2.00 bits per heavy atom. The molecule has 1 heterocycles. The SMILES string of the molecule is CCCC[C@H](CC(=O)OCC)NC(=O)c1cc(COc2cccc(OC)c2)on1. The van der Waals surface area contributed by atoms with Gasteiger partial charge in [0.1, 0.15) is 18.1 Å². The lowest BCUT2D eigenvalue weighted by atomic mass is 10.1. The molecule has 8 nitrogen and oxygen atoms in total. The standard InChI is InChI=1S/C21H28N2O6/c1-4-6-8-15(11-20(24)27-5-2)22-21(25)19-13-18(29-23-19)14-28-17-10-7-9-16(12-17)26-3/h7,9-10,12-13,15H,4-6,8,11,14H2,1-3H3,(H,22,25)/t15-/m1/s1. The van der Waals surface area contributed by atoms with Crippen LogP contribution in [0.2, 0.25) is 0 Å². The number of amides is 1. The molecule has 1 aromatic heterocycles. The highest BCUT2D eigenvalue weighted by Gasteiger charge is 2.20. The van der Waals surface area contributed by atoms with Crippen LogP contribution in [0.4, 0.5) is 0 Å². The van der Waals surface area contributed by atoms with Crippen LogP contribution in [0.25, 0.3) is 0 Å². The fraction of sp³-hybridized carbons (Fsp3) is 0.476. The van der Waals surface area contributed by atoms with Gasteiger partial charge in [0.2, 0.25) is 0 Å². The van der Waals surface area contributed by atoms with Crippen LogP contribution in [-0.4, -0.2) is 36.8 Å². The molecule has 0 bridgehead atoms. The van der Waals surface area contributed by atoms with Crippen molar-refractivity contribution in [3.05, 3.63) is 41.8 Å². The maximum atomic E-state index is 12.5. The molecule has 0 unspecified atom stereocenters. The summed E-state index contributed by atoms with van der Waals surface area (Å²) in [6, 6.07) is 8.38. The van der Waals surface area contributed by atoms with Crippen molar-refractivity contribution < 1.29 is 28.3 Å². The number of unbranched alkanes of at least 4 members (excludes halogenated alkanes) is 1. The van der Waals surface area contributed by atoms with Crippen molar-refractivity contribution in [2.75, 3.05) is 13.7 Å². The smallest absolute Gasteiger partial charge is 0.307 e. The Hall–Kier alpha value is -3.03. The van der Waals surface area contributed by atoms with Crippen LogP contribution in [0.1, 0.15) is 55.8 Å². The molecular weight excluding hydrogens is 376 g/mol. The number of methoxy groups -OCH3 is 1. The summed E-state index contributed by atoms with van der Waals surface area (Å²) in [7, 11) is 1.58. The number of ether oxygens (including phenoxy) is 3. The molecule has 0 aliphatic heterocycles. The van der Waals surface area contributed by atoms with E-state index in [0.717, 1.165) is 12.8 Å². The van der Waals surface area contributed by atoms with Gasteiger partial charge in [-0.3, -0.25) is 9.59 Å². The van der Waals surface area contributed by atoms with Gasteiger partial charge in [-0.2, -0.15) is 0 Å². The van der Waals surface area contributed by atoms with Crippen LogP contribution in [0.3, 0.4) is 0 Å². The van der Waals surface area contributed by atoms with Crippen LogP contribution >= 0.6 is 0 Å². The summed E-state index contributed by atoms with van der Waals surface area (Å²) in [5.74, 6) is 0.974. The second-order valence-corrected chi connectivity index (χ2v) is 6.47. The first-order valence-electron chi connectivity index (χ1n) is 9.74. The summed E-state index contributed by atoms with van der Waals surface area (Å²) in [4.78, 5) is 24.3. The summed E-state index contributed by atoms with van der Waals surface area (Å²) in [6.45, 7) is 4.24. The van der Waals surface area contributed by atoms with Crippen molar-refractivity contribution in [2.45, 2.75) is 52.2 Å². The molecule has 0 aliphatic rings. The number of carbonyl (C=O) groups excluding carboxylic acids is 2. The molecule has 1 N–H and O–H groups in total. The van der Waals surface area contributed by atoms with Gasteiger partial charge >= 0.3 is 5.97 Å². The highest BCUT2D eigenvalue weighted by atomic mass is 16.5. The van der Waals surface area contributed by atoms with Gasteiger partial charge in [0.25, 0.3) is 5.91 Å². The molecule has 0 radical (unpaired) electrons. The molecule has 29 heavy (non-hydrogen) atoms. The zero-order valence-electron chi connectivity index (χ0n) is 17.1. The maximum absolute atomic E-state index is 12.5. The predicted octanol–water partition coefficient (Wildman–Crippen LogP) is 3.50. The van der Waals surface area contributed by atoms with E-state index in [2.05, 4.69) is 17.4 Å². The third-order valence-corrected chi connectivity index (χ3v) is 4.17. The van der Waals surface area contributed by atoms with E-state index in [4.69, 9.17) is 18.7 Å². The average Bonchev–Trinajstić information content (AvgIpc) is 3.20. The van der Waals surface area contributed by atoms with Gasteiger partial charge in [-0.25, -0.2) is 0 Å². The molecule has 0 aliphatic carbocycles. The van der Waals surface area contributed by atoms with E-state index >= 15 is 0 Å². The molecule has 0 spiro atoms. The zero-order chi connectivity index (χ0) is 21.1. The maximum Gasteiger partial charge on any atom is 0.307 e. The minimum Gasteiger partial charge on any atom is -0.497 e. The number of hydrogen-bond donors (Lipinski definition) is 1.